The first-order valence-corrected chi connectivity index (χ1v) is 14.1. The standard InChI is InChI=1S/C33H37N5O3/c1-5-9-31-35-32-23(2)18-26(28-21-37(22-34-28)17-8-16-36(3)4)19-29(32)38(31)20-24-12-14-25(15-13-24)27-10-6-7-11-30(27)41-33(39)40/h6-7,10-15,18-19,21-22H,5,8-9,16-17,20H2,1-4H3,(H,39,40). The first kappa shape index (κ1) is 28.1. The summed E-state index contributed by atoms with van der Waals surface area (Å²) in [6.45, 7) is 6.96. The van der Waals surface area contributed by atoms with Crippen LogP contribution in [0.25, 0.3) is 33.4 Å². The maximum absolute atomic E-state index is 11.1. The van der Waals surface area contributed by atoms with Gasteiger partial charge in [-0.25, -0.2) is 14.8 Å². The lowest BCUT2D eigenvalue weighted by Gasteiger charge is -2.12. The number of aromatic nitrogens is 4. The highest BCUT2D eigenvalue weighted by atomic mass is 16.7. The average Bonchev–Trinajstić information content (AvgIpc) is 3.55. The zero-order valence-corrected chi connectivity index (χ0v) is 24.2. The molecule has 0 atom stereocenters. The normalized spacial score (nSPS) is 11.4. The molecule has 0 aliphatic heterocycles. The molecule has 212 valence electrons. The monoisotopic (exact) mass is 551 g/mol. The van der Waals surface area contributed by atoms with E-state index in [-0.39, 0.29) is 0 Å². The van der Waals surface area contributed by atoms with Crippen LogP contribution in [-0.4, -0.2) is 55.9 Å². The molecule has 5 aromatic rings. The van der Waals surface area contributed by atoms with Gasteiger partial charge in [0.25, 0.3) is 0 Å². The molecule has 0 saturated carbocycles. The Morgan fingerprint density at radius 2 is 1.83 bits per heavy atom. The quantitative estimate of drug-likeness (QED) is 0.142. The Kier molecular flexibility index (Phi) is 8.50. The number of rotatable bonds is 11. The number of carbonyl (C=O) groups is 1. The van der Waals surface area contributed by atoms with Gasteiger partial charge in [0.2, 0.25) is 0 Å². The maximum atomic E-state index is 11.1. The van der Waals surface area contributed by atoms with Gasteiger partial charge in [-0.05, 0) is 75.3 Å². The molecule has 0 bridgehead atoms. The van der Waals surface area contributed by atoms with Crippen LogP contribution in [-0.2, 0) is 19.5 Å². The smallest absolute Gasteiger partial charge is 0.449 e. The highest BCUT2D eigenvalue weighted by molar-refractivity contribution is 5.85. The summed E-state index contributed by atoms with van der Waals surface area (Å²) in [5, 5.41) is 9.11. The second-order valence-electron chi connectivity index (χ2n) is 10.7. The van der Waals surface area contributed by atoms with Crippen molar-refractivity contribution in [2.45, 2.75) is 46.2 Å². The second kappa shape index (κ2) is 12.4. The van der Waals surface area contributed by atoms with E-state index in [9.17, 15) is 4.79 Å². The van der Waals surface area contributed by atoms with Gasteiger partial charge in [0.15, 0.2) is 0 Å². The Morgan fingerprint density at radius 1 is 1.05 bits per heavy atom. The van der Waals surface area contributed by atoms with E-state index in [1.54, 1.807) is 12.1 Å². The Balaban J connectivity index is 1.45. The summed E-state index contributed by atoms with van der Waals surface area (Å²) >= 11 is 0. The third-order valence-corrected chi connectivity index (χ3v) is 7.24. The zero-order chi connectivity index (χ0) is 28.9. The first-order valence-electron chi connectivity index (χ1n) is 14.1. The summed E-state index contributed by atoms with van der Waals surface area (Å²) in [6, 6.07) is 19.8. The number of hydrogen-bond donors (Lipinski definition) is 1. The molecule has 0 unspecified atom stereocenters. The fraction of sp³-hybridized carbons (Fsp3) is 0.303. The first-order chi connectivity index (χ1) is 19.8. The molecular formula is C33H37N5O3. The SMILES string of the molecule is CCCc1nc2c(C)cc(-c3cn(CCCN(C)C)cn3)cc2n1Cc1ccc(-c2ccccc2OC(=O)O)cc1. The topological polar surface area (TPSA) is 85.4 Å². The number of benzene rings is 3. The molecule has 0 aliphatic rings. The molecule has 3 aromatic carbocycles. The van der Waals surface area contributed by atoms with Crippen LogP contribution in [0.5, 0.6) is 5.75 Å². The number of para-hydroxylation sites is 1. The van der Waals surface area contributed by atoms with E-state index in [0.29, 0.717) is 12.3 Å². The predicted molar refractivity (Wildman–Crippen MR) is 162 cm³/mol. The average molecular weight is 552 g/mol. The Labute approximate surface area is 240 Å². The molecule has 5 rings (SSSR count). The van der Waals surface area contributed by atoms with Crippen molar-refractivity contribution < 1.29 is 14.6 Å². The highest BCUT2D eigenvalue weighted by Crippen LogP contribution is 2.32. The van der Waals surface area contributed by atoms with Gasteiger partial charge < -0.3 is 23.9 Å². The number of carboxylic acid groups (broad SMARTS) is 1. The summed E-state index contributed by atoms with van der Waals surface area (Å²) in [7, 11) is 4.19. The van der Waals surface area contributed by atoms with Crippen molar-refractivity contribution in [1.29, 1.82) is 0 Å². The fourth-order valence-corrected chi connectivity index (χ4v) is 5.24. The number of ether oxygens (including phenoxy) is 1. The largest absolute Gasteiger partial charge is 0.511 e. The minimum atomic E-state index is -1.32. The summed E-state index contributed by atoms with van der Waals surface area (Å²) in [6.07, 6.45) is 5.70. The third-order valence-electron chi connectivity index (χ3n) is 7.24. The van der Waals surface area contributed by atoms with E-state index in [2.05, 4.69) is 72.4 Å². The Hall–Kier alpha value is -4.43. The van der Waals surface area contributed by atoms with Gasteiger partial charge in [0, 0.05) is 36.8 Å². The molecule has 0 fully saturated rings. The Morgan fingerprint density at radius 3 is 2.56 bits per heavy atom. The molecular weight excluding hydrogens is 514 g/mol. The molecule has 1 N–H and O–H groups in total. The third kappa shape index (κ3) is 6.49. The van der Waals surface area contributed by atoms with Crippen molar-refractivity contribution in [2.24, 2.45) is 0 Å². The summed E-state index contributed by atoms with van der Waals surface area (Å²) in [5.74, 6) is 1.39. The van der Waals surface area contributed by atoms with Crippen LogP contribution in [0.1, 0.15) is 36.7 Å². The van der Waals surface area contributed by atoms with Crippen molar-refractivity contribution in [1.82, 2.24) is 24.0 Å². The lowest BCUT2D eigenvalue weighted by Crippen LogP contribution is -2.14. The minimum Gasteiger partial charge on any atom is -0.449 e. The number of hydrogen-bond acceptors (Lipinski definition) is 5. The van der Waals surface area contributed by atoms with Crippen molar-refractivity contribution in [2.75, 3.05) is 20.6 Å². The van der Waals surface area contributed by atoms with E-state index < -0.39 is 6.16 Å². The van der Waals surface area contributed by atoms with Gasteiger partial charge >= 0.3 is 6.16 Å². The van der Waals surface area contributed by atoms with E-state index >= 15 is 0 Å². The van der Waals surface area contributed by atoms with Crippen molar-refractivity contribution >= 4 is 17.2 Å². The van der Waals surface area contributed by atoms with Gasteiger partial charge in [-0.1, -0.05) is 49.4 Å². The van der Waals surface area contributed by atoms with E-state index in [4.69, 9.17) is 19.8 Å². The van der Waals surface area contributed by atoms with Gasteiger partial charge in [-0.3, -0.25) is 0 Å². The molecule has 0 spiro atoms. The van der Waals surface area contributed by atoms with Crippen LogP contribution in [0, 0.1) is 6.92 Å². The van der Waals surface area contributed by atoms with E-state index in [0.717, 1.165) is 82.7 Å². The lowest BCUT2D eigenvalue weighted by molar-refractivity contribution is 0.144. The molecule has 0 saturated heterocycles. The van der Waals surface area contributed by atoms with Gasteiger partial charge in [-0.2, -0.15) is 0 Å². The molecule has 0 radical (unpaired) electrons. The van der Waals surface area contributed by atoms with Crippen molar-refractivity contribution in [3.8, 4) is 28.1 Å². The van der Waals surface area contributed by atoms with Crippen LogP contribution < -0.4 is 4.74 Å². The van der Waals surface area contributed by atoms with Crippen LogP contribution in [0.3, 0.4) is 0 Å². The summed E-state index contributed by atoms with van der Waals surface area (Å²) in [5.41, 5.74) is 8.11. The number of fused-ring (bicyclic) bond motifs is 1. The van der Waals surface area contributed by atoms with Gasteiger partial charge in [0.05, 0.1) is 23.1 Å². The molecule has 8 nitrogen and oxygen atoms in total. The molecule has 0 aliphatic carbocycles. The maximum Gasteiger partial charge on any atom is 0.511 e. The van der Waals surface area contributed by atoms with Crippen LogP contribution in [0.15, 0.2) is 73.2 Å². The zero-order valence-electron chi connectivity index (χ0n) is 24.2. The molecule has 0 amide bonds. The van der Waals surface area contributed by atoms with E-state index in [1.165, 1.54) is 0 Å². The summed E-state index contributed by atoms with van der Waals surface area (Å²) in [4.78, 5) is 23.1. The predicted octanol–water partition coefficient (Wildman–Crippen LogP) is 6.88. The summed E-state index contributed by atoms with van der Waals surface area (Å²) < 4.78 is 9.48. The van der Waals surface area contributed by atoms with E-state index in [1.807, 2.05) is 30.6 Å². The van der Waals surface area contributed by atoms with Crippen molar-refractivity contribution in [3.63, 3.8) is 0 Å². The molecule has 2 aromatic heterocycles. The second-order valence-corrected chi connectivity index (χ2v) is 10.7. The van der Waals surface area contributed by atoms with Crippen molar-refractivity contribution in [3.05, 3.63) is 90.1 Å². The number of nitrogens with zero attached hydrogens (tertiary/aromatic N) is 5. The fourth-order valence-electron chi connectivity index (χ4n) is 5.24. The van der Waals surface area contributed by atoms with Gasteiger partial charge in [0.1, 0.15) is 11.6 Å². The van der Waals surface area contributed by atoms with Crippen LogP contribution in [0.2, 0.25) is 0 Å². The van der Waals surface area contributed by atoms with Crippen LogP contribution >= 0.6 is 0 Å². The number of imidazole rings is 2. The Bertz CT molecular complexity index is 1650. The molecule has 8 heteroatoms. The molecule has 41 heavy (non-hydrogen) atoms. The van der Waals surface area contributed by atoms with Crippen LogP contribution in [0.4, 0.5) is 4.79 Å². The lowest BCUT2D eigenvalue weighted by atomic mass is 10.0. The van der Waals surface area contributed by atoms with Gasteiger partial charge in [-0.15, -0.1) is 0 Å². The highest BCUT2D eigenvalue weighted by Gasteiger charge is 2.16. The number of aryl methyl sites for hydroxylation is 3. The minimum absolute atomic E-state index is 0.321. The molecule has 2 heterocycles.